The summed E-state index contributed by atoms with van der Waals surface area (Å²) in [4.78, 5) is 48.1. The first-order valence-electron chi connectivity index (χ1n) is 10.8. The molecule has 174 valence electrons. The van der Waals surface area contributed by atoms with Crippen LogP contribution in [0.2, 0.25) is 0 Å². The molecule has 10 heteroatoms. The highest BCUT2D eigenvalue weighted by Gasteiger charge is 2.29. The smallest absolute Gasteiger partial charge is 0.294 e. The van der Waals surface area contributed by atoms with Gasteiger partial charge in [0.1, 0.15) is 5.69 Å². The Bertz CT molecular complexity index is 1330. The first kappa shape index (κ1) is 22.8. The Kier molecular flexibility index (Phi) is 6.22. The first-order chi connectivity index (χ1) is 16.2. The van der Waals surface area contributed by atoms with E-state index >= 15 is 0 Å². The molecule has 2 aromatic carbocycles. The van der Waals surface area contributed by atoms with E-state index in [9.17, 15) is 24.5 Å². The zero-order chi connectivity index (χ0) is 24.4. The minimum Gasteiger partial charge on any atom is -0.344 e. The second-order valence-corrected chi connectivity index (χ2v) is 8.24. The molecule has 3 aromatic rings. The quantitative estimate of drug-likeness (QED) is 0.409. The molecule has 2 N–H and O–H groups in total. The molecule has 1 atom stereocenters. The van der Waals surface area contributed by atoms with E-state index in [1.165, 1.54) is 28.9 Å². The number of hydrogen-bond donors (Lipinski definition) is 2. The summed E-state index contributed by atoms with van der Waals surface area (Å²) in [5.41, 5.74) is 0.786. The van der Waals surface area contributed by atoms with Crippen LogP contribution in [0.4, 0.5) is 11.4 Å². The molecular weight excluding hydrogens is 438 g/mol. The maximum Gasteiger partial charge on any atom is 0.294 e. The zero-order valence-electron chi connectivity index (χ0n) is 18.6. The molecule has 4 rings (SSSR count). The van der Waals surface area contributed by atoms with Gasteiger partial charge in [-0.3, -0.25) is 24.5 Å². The molecule has 34 heavy (non-hydrogen) atoms. The van der Waals surface area contributed by atoms with Crippen LogP contribution in [0.3, 0.4) is 0 Å². The number of benzene rings is 2. The van der Waals surface area contributed by atoms with Crippen molar-refractivity contribution in [1.82, 2.24) is 15.1 Å². The van der Waals surface area contributed by atoms with Gasteiger partial charge in [0.15, 0.2) is 5.69 Å². The predicted molar refractivity (Wildman–Crippen MR) is 125 cm³/mol. The highest BCUT2D eigenvalue weighted by Crippen LogP contribution is 2.30. The molecule has 1 aliphatic rings. The second kappa shape index (κ2) is 9.26. The molecule has 1 aromatic heterocycles. The van der Waals surface area contributed by atoms with E-state index in [2.05, 4.69) is 15.7 Å². The Morgan fingerprint density at radius 1 is 1.15 bits per heavy atom. The average molecular weight is 461 g/mol. The number of carbonyl (C=O) groups excluding carboxylic acids is 2. The van der Waals surface area contributed by atoms with Crippen molar-refractivity contribution >= 4 is 23.2 Å². The molecule has 2 amide bonds. The van der Waals surface area contributed by atoms with Crippen molar-refractivity contribution < 1.29 is 14.5 Å². The van der Waals surface area contributed by atoms with Crippen molar-refractivity contribution in [1.29, 1.82) is 0 Å². The molecule has 1 aliphatic carbocycles. The lowest BCUT2D eigenvalue weighted by Gasteiger charge is -2.16. The predicted octanol–water partition coefficient (Wildman–Crippen LogP) is 3.29. The van der Waals surface area contributed by atoms with Crippen LogP contribution in [0.25, 0.3) is 5.69 Å². The lowest BCUT2D eigenvalue weighted by molar-refractivity contribution is -0.384. The van der Waals surface area contributed by atoms with Crippen molar-refractivity contribution in [2.45, 2.75) is 32.7 Å². The van der Waals surface area contributed by atoms with Crippen molar-refractivity contribution in [3.63, 3.8) is 0 Å². The maximum absolute atomic E-state index is 12.9. The van der Waals surface area contributed by atoms with Gasteiger partial charge in [0.25, 0.3) is 11.6 Å². The Morgan fingerprint density at radius 2 is 1.82 bits per heavy atom. The number of anilines is 1. The molecule has 0 spiro atoms. The molecule has 0 bridgehead atoms. The lowest BCUT2D eigenvalue weighted by Crippen LogP contribution is -2.33. The monoisotopic (exact) mass is 461 g/mol. The number of nitro groups is 1. The first-order valence-corrected chi connectivity index (χ1v) is 10.8. The van der Waals surface area contributed by atoms with Crippen LogP contribution >= 0.6 is 0 Å². The van der Waals surface area contributed by atoms with E-state index in [1.807, 2.05) is 0 Å². The third-order valence-corrected chi connectivity index (χ3v) is 5.60. The SMILES string of the molecule is Cc1cc(=O)c(C(=O)NC(C)c2ccc(NC(=O)C3CC3)cc2)nn1-c1ccccc1[N+](=O)[O-]. The topological polar surface area (TPSA) is 136 Å². The van der Waals surface area contributed by atoms with Gasteiger partial charge >= 0.3 is 0 Å². The molecule has 0 aliphatic heterocycles. The van der Waals surface area contributed by atoms with Crippen molar-refractivity contribution in [3.05, 3.63) is 91.9 Å². The van der Waals surface area contributed by atoms with Crippen LogP contribution in [0.5, 0.6) is 0 Å². The number of nitro benzene ring substituents is 1. The maximum atomic E-state index is 12.9. The van der Waals surface area contributed by atoms with Crippen molar-refractivity contribution in [3.8, 4) is 5.69 Å². The number of nitrogens with one attached hydrogen (secondary N) is 2. The van der Waals surface area contributed by atoms with Crippen LogP contribution in [-0.4, -0.2) is 26.5 Å². The van der Waals surface area contributed by atoms with Crippen molar-refractivity contribution in [2.24, 2.45) is 5.92 Å². The fourth-order valence-electron chi connectivity index (χ4n) is 3.54. The van der Waals surface area contributed by atoms with E-state index in [4.69, 9.17) is 0 Å². The van der Waals surface area contributed by atoms with Crippen molar-refractivity contribution in [2.75, 3.05) is 5.32 Å². The second-order valence-electron chi connectivity index (χ2n) is 8.24. The number of aromatic nitrogens is 2. The summed E-state index contributed by atoms with van der Waals surface area (Å²) in [5, 5.41) is 21.2. The molecule has 1 unspecified atom stereocenters. The summed E-state index contributed by atoms with van der Waals surface area (Å²) in [5.74, 6) is -0.591. The highest BCUT2D eigenvalue weighted by atomic mass is 16.6. The Labute approximate surface area is 194 Å². The molecule has 1 saturated carbocycles. The third-order valence-electron chi connectivity index (χ3n) is 5.60. The van der Waals surface area contributed by atoms with Gasteiger partial charge in [0.2, 0.25) is 11.3 Å². The van der Waals surface area contributed by atoms with E-state index in [-0.39, 0.29) is 28.9 Å². The molecule has 0 saturated heterocycles. The fourth-order valence-corrected chi connectivity index (χ4v) is 3.54. The van der Waals surface area contributed by atoms with Crippen LogP contribution in [0.15, 0.2) is 59.4 Å². The van der Waals surface area contributed by atoms with Gasteiger partial charge < -0.3 is 10.6 Å². The van der Waals surface area contributed by atoms with E-state index < -0.39 is 22.3 Å². The van der Waals surface area contributed by atoms with Gasteiger partial charge in [-0.05, 0) is 50.5 Å². The summed E-state index contributed by atoms with van der Waals surface area (Å²) >= 11 is 0. The summed E-state index contributed by atoms with van der Waals surface area (Å²) in [6, 6.07) is 13.8. The number of para-hydroxylation sites is 2. The van der Waals surface area contributed by atoms with Gasteiger partial charge in [-0.2, -0.15) is 5.10 Å². The number of carbonyl (C=O) groups is 2. The van der Waals surface area contributed by atoms with Gasteiger partial charge in [-0.25, -0.2) is 4.68 Å². The highest BCUT2D eigenvalue weighted by molar-refractivity contribution is 5.94. The van der Waals surface area contributed by atoms with E-state index in [0.717, 1.165) is 18.4 Å². The van der Waals surface area contributed by atoms with Crippen LogP contribution in [-0.2, 0) is 4.79 Å². The lowest BCUT2D eigenvalue weighted by atomic mass is 10.1. The standard InChI is InChI=1S/C24H23N5O5/c1-14-13-21(30)22(27-28(14)19-5-3-4-6-20(19)29(33)34)24(32)25-15(2)16-9-11-18(12-10-16)26-23(31)17-7-8-17/h3-6,9-13,15,17H,7-8H2,1-2H3,(H,25,32)(H,26,31). The van der Waals surface area contributed by atoms with Gasteiger partial charge in [0.05, 0.1) is 11.0 Å². The number of aryl methyl sites for hydroxylation is 1. The van der Waals surface area contributed by atoms with E-state index in [1.54, 1.807) is 44.2 Å². The Morgan fingerprint density at radius 3 is 2.47 bits per heavy atom. The minimum absolute atomic E-state index is 0.00878. The Balaban J connectivity index is 1.54. The zero-order valence-corrected chi connectivity index (χ0v) is 18.6. The normalized spacial score (nSPS) is 13.7. The molecule has 1 heterocycles. The molecule has 0 radical (unpaired) electrons. The van der Waals surface area contributed by atoms with Gasteiger partial charge in [0, 0.05) is 29.4 Å². The van der Waals surface area contributed by atoms with Crippen LogP contribution < -0.4 is 16.1 Å². The fraction of sp³-hybridized carbons (Fsp3) is 0.250. The number of nitrogens with zero attached hydrogens (tertiary/aromatic N) is 3. The molecule has 1 fully saturated rings. The average Bonchev–Trinajstić information content (AvgIpc) is 3.65. The summed E-state index contributed by atoms with van der Waals surface area (Å²) in [7, 11) is 0. The number of amides is 2. The minimum atomic E-state index is -0.698. The molecule has 10 nitrogen and oxygen atoms in total. The number of rotatable bonds is 7. The van der Waals surface area contributed by atoms with Gasteiger partial charge in [-0.1, -0.05) is 24.3 Å². The van der Waals surface area contributed by atoms with Crippen LogP contribution in [0, 0.1) is 23.0 Å². The summed E-state index contributed by atoms with van der Waals surface area (Å²) in [6.07, 6.45) is 1.83. The summed E-state index contributed by atoms with van der Waals surface area (Å²) in [6.45, 7) is 3.34. The largest absolute Gasteiger partial charge is 0.344 e. The van der Waals surface area contributed by atoms with Crippen LogP contribution in [0.1, 0.15) is 47.6 Å². The van der Waals surface area contributed by atoms with E-state index in [0.29, 0.717) is 11.4 Å². The third kappa shape index (κ3) is 4.85. The Hall–Kier alpha value is -4.34. The van der Waals surface area contributed by atoms with Gasteiger partial charge in [-0.15, -0.1) is 0 Å². The summed E-state index contributed by atoms with van der Waals surface area (Å²) < 4.78 is 1.22. The number of hydrogen-bond acceptors (Lipinski definition) is 6. The molecular formula is C24H23N5O5.